The highest BCUT2D eigenvalue weighted by Crippen LogP contribution is 2.28. The van der Waals surface area contributed by atoms with Crippen LogP contribution >= 0.6 is 0 Å². The van der Waals surface area contributed by atoms with Crippen molar-refractivity contribution in [2.75, 3.05) is 5.32 Å². The third kappa shape index (κ3) is 3.27. The van der Waals surface area contributed by atoms with E-state index in [9.17, 15) is 5.11 Å². The van der Waals surface area contributed by atoms with Gasteiger partial charge in [0.15, 0.2) is 11.5 Å². The lowest BCUT2D eigenvalue weighted by Crippen LogP contribution is -2.04. The van der Waals surface area contributed by atoms with E-state index in [2.05, 4.69) is 52.5 Å². The molecule has 0 bridgehead atoms. The number of nitrogens with one attached hydrogen (secondary N) is 1. The van der Waals surface area contributed by atoms with E-state index in [0.717, 1.165) is 33.5 Å². The molecule has 0 saturated heterocycles. The standard InChI is InChI=1S/C24H20N4O/c1-16-2-4-17(5-3-16)14-26-23-24-27-15-22(28(24)11-10-25-23)20-7-6-19-13-21(29)9-8-18(19)12-20/h2-13,15,29H,14H2,1H3,(H,25,26). The lowest BCUT2D eigenvalue weighted by molar-refractivity contribution is 0.476. The Balaban J connectivity index is 1.49. The van der Waals surface area contributed by atoms with Gasteiger partial charge in [0.05, 0.1) is 11.9 Å². The molecule has 0 atom stereocenters. The van der Waals surface area contributed by atoms with Gasteiger partial charge in [0.1, 0.15) is 5.75 Å². The second kappa shape index (κ2) is 6.95. The molecule has 2 aromatic heterocycles. The van der Waals surface area contributed by atoms with Crippen LogP contribution < -0.4 is 5.32 Å². The van der Waals surface area contributed by atoms with Crippen LogP contribution in [0.2, 0.25) is 0 Å². The van der Waals surface area contributed by atoms with Crippen molar-refractivity contribution >= 4 is 22.2 Å². The van der Waals surface area contributed by atoms with Crippen molar-refractivity contribution in [2.24, 2.45) is 0 Å². The summed E-state index contributed by atoms with van der Waals surface area (Å²) in [5, 5.41) is 15.2. The van der Waals surface area contributed by atoms with Crippen LogP contribution in [0.5, 0.6) is 5.75 Å². The van der Waals surface area contributed by atoms with Gasteiger partial charge < -0.3 is 10.4 Å². The maximum absolute atomic E-state index is 9.67. The molecule has 5 rings (SSSR count). The Bertz CT molecular complexity index is 1320. The highest BCUT2D eigenvalue weighted by atomic mass is 16.3. The summed E-state index contributed by atoms with van der Waals surface area (Å²) in [5.41, 5.74) is 5.30. The van der Waals surface area contributed by atoms with Crippen molar-refractivity contribution in [3.05, 3.63) is 90.4 Å². The predicted octanol–water partition coefficient (Wildman–Crippen LogP) is 5.18. The van der Waals surface area contributed by atoms with Gasteiger partial charge in [-0.15, -0.1) is 0 Å². The fourth-order valence-corrected chi connectivity index (χ4v) is 3.54. The summed E-state index contributed by atoms with van der Waals surface area (Å²) < 4.78 is 2.05. The average molecular weight is 380 g/mol. The van der Waals surface area contributed by atoms with Gasteiger partial charge in [-0.3, -0.25) is 4.40 Å². The number of aromatic hydroxyl groups is 1. The molecule has 5 nitrogen and oxygen atoms in total. The lowest BCUT2D eigenvalue weighted by atomic mass is 10.1. The Morgan fingerprint density at radius 2 is 1.72 bits per heavy atom. The van der Waals surface area contributed by atoms with Crippen LogP contribution in [0.3, 0.4) is 0 Å². The number of hydrogen-bond acceptors (Lipinski definition) is 4. The summed E-state index contributed by atoms with van der Waals surface area (Å²) >= 11 is 0. The van der Waals surface area contributed by atoms with Crippen molar-refractivity contribution in [3.63, 3.8) is 0 Å². The smallest absolute Gasteiger partial charge is 0.180 e. The van der Waals surface area contributed by atoms with Crippen molar-refractivity contribution in [1.29, 1.82) is 0 Å². The molecule has 2 heterocycles. The maximum atomic E-state index is 9.67. The number of aryl methyl sites for hydroxylation is 1. The van der Waals surface area contributed by atoms with Gasteiger partial charge in [0.25, 0.3) is 0 Å². The van der Waals surface area contributed by atoms with Crippen molar-refractivity contribution < 1.29 is 5.11 Å². The minimum atomic E-state index is 0.274. The van der Waals surface area contributed by atoms with Crippen LogP contribution in [-0.2, 0) is 6.54 Å². The first-order valence-electron chi connectivity index (χ1n) is 9.52. The van der Waals surface area contributed by atoms with Crippen LogP contribution in [0.15, 0.2) is 79.3 Å². The van der Waals surface area contributed by atoms with Gasteiger partial charge in [-0.05, 0) is 41.5 Å². The normalized spacial score (nSPS) is 11.2. The van der Waals surface area contributed by atoms with E-state index in [0.29, 0.717) is 6.54 Å². The van der Waals surface area contributed by atoms with E-state index in [1.54, 1.807) is 18.3 Å². The molecule has 142 valence electrons. The molecule has 29 heavy (non-hydrogen) atoms. The average Bonchev–Trinajstić information content (AvgIpc) is 3.18. The zero-order chi connectivity index (χ0) is 19.8. The Morgan fingerprint density at radius 3 is 2.59 bits per heavy atom. The molecule has 0 fully saturated rings. The highest BCUT2D eigenvalue weighted by molar-refractivity contribution is 5.88. The number of anilines is 1. The fraction of sp³-hybridized carbons (Fsp3) is 0.0833. The lowest BCUT2D eigenvalue weighted by Gasteiger charge is -2.09. The molecule has 0 saturated carbocycles. The zero-order valence-electron chi connectivity index (χ0n) is 16.0. The minimum absolute atomic E-state index is 0.274. The second-order valence-electron chi connectivity index (χ2n) is 7.20. The van der Waals surface area contributed by atoms with Crippen LogP contribution in [0.25, 0.3) is 27.7 Å². The molecular weight excluding hydrogens is 360 g/mol. The second-order valence-corrected chi connectivity index (χ2v) is 7.20. The molecule has 0 amide bonds. The van der Waals surface area contributed by atoms with E-state index in [4.69, 9.17) is 0 Å². The van der Waals surface area contributed by atoms with Crippen molar-refractivity contribution in [3.8, 4) is 17.0 Å². The minimum Gasteiger partial charge on any atom is -0.508 e. The fourth-order valence-electron chi connectivity index (χ4n) is 3.54. The number of phenolic OH excluding ortho intramolecular Hbond substituents is 1. The van der Waals surface area contributed by atoms with Crippen LogP contribution in [0.1, 0.15) is 11.1 Å². The summed E-state index contributed by atoms with van der Waals surface area (Å²) in [6.07, 6.45) is 5.58. The number of phenols is 1. The van der Waals surface area contributed by atoms with E-state index in [-0.39, 0.29) is 5.75 Å². The molecule has 0 spiro atoms. The molecule has 0 unspecified atom stereocenters. The summed E-state index contributed by atoms with van der Waals surface area (Å²) in [4.78, 5) is 9.10. The molecule has 5 aromatic rings. The number of fused-ring (bicyclic) bond motifs is 2. The van der Waals surface area contributed by atoms with Gasteiger partial charge in [-0.25, -0.2) is 9.97 Å². The van der Waals surface area contributed by atoms with Gasteiger partial charge in [-0.1, -0.05) is 48.0 Å². The molecule has 0 aliphatic carbocycles. The molecule has 5 heteroatoms. The Morgan fingerprint density at radius 1 is 0.931 bits per heavy atom. The van der Waals surface area contributed by atoms with Crippen molar-refractivity contribution in [1.82, 2.24) is 14.4 Å². The SMILES string of the molecule is Cc1ccc(CNc2nccn3c(-c4ccc5cc(O)ccc5c4)cnc23)cc1. The molecule has 0 aliphatic heterocycles. The molecule has 0 aliphatic rings. The molecule has 0 radical (unpaired) electrons. The Kier molecular flexibility index (Phi) is 4.13. The Hall–Kier alpha value is -3.86. The number of rotatable bonds is 4. The van der Waals surface area contributed by atoms with Gasteiger partial charge in [0.2, 0.25) is 0 Å². The van der Waals surface area contributed by atoms with Gasteiger partial charge in [0, 0.05) is 24.5 Å². The molecule has 3 aromatic carbocycles. The number of hydrogen-bond donors (Lipinski definition) is 2. The van der Waals surface area contributed by atoms with E-state index < -0.39 is 0 Å². The summed E-state index contributed by atoms with van der Waals surface area (Å²) in [6.45, 7) is 2.77. The number of nitrogens with zero attached hydrogens (tertiary/aromatic N) is 3. The summed E-state index contributed by atoms with van der Waals surface area (Å²) in [7, 11) is 0. The van der Waals surface area contributed by atoms with Gasteiger partial charge >= 0.3 is 0 Å². The maximum Gasteiger partial charge on any atom is 0.180 e. The quantitative estimate of drug-likeness (QED) is 0.451. The third-order valence-electron chi connectivity index (χ3n) is 5.13. The summed E-state index contributed by atoms with van der Waals surface area (Å²) in [5.74, 6) is 1.03. The van der Waals surface area contributed by atoms with Gasteiger partial charge in [-0.2, -0.15) is 0 Å². The highest BCUT2D eigenvalue weighted by Gasteiger charge is 2.11. The molecule has 2 N–H and O–H groups in total. The monoisotopic (exact) mass is 380 g/mol. The van der Waals surface area contributed by atoms with E-state index >= 15 is 0 Å². The summed E-state index contributed by atoms with van der Waals surface area (Å²) in [6, 6.07) is 20.0. The first-order valence-corrected chi connectivity index (χ1v) is 9.52. The van der Waals surface area contributed by atoms with Crippen LogP contribution in [0, 0.1) is 6.92 Å². The third-order valence-corrected chi connectivity index (χ3v) is 5.13. The number of aromatic nitrogens is 3. The first kappa shape index (κ1) is 17.3. The topological polar surface area (TPSA) is 62.5 Å². The number of benzene rings is 3. The first-order chi connectivity index (χ1) is 14.2. The van der Waals surface area contributed by atoms with E-state index in [1.165, 1.54) is 11.1 Å². The van der Waals surface area contributed by atoms with Crippen LogP contribution in [0.4, 0.5) is 5.82 Å². The molecular formula is C24H20N4O. The zero-order valence-corrected chi connectivity index (χ0v) is 16.0. The number of imidazole rings is 1. The Labute approximate surface area is 168 Å². The largest absolute Gasteiger partial charge is 0.508 e. The van der Waals surface area contributed by atoms with E-state index in [1.807, 2.05) is 35.0 Å². The predicted molar refractivity (Wildman–Crippen MR) is 116 cm³/mol. The van der Waals surface area contributed by atoms with Crippen LogP contribution in [-0.4, -0.2) is 19.5 Å². The van der Waals surface area contributed by atoms with Crippen molar-refractivity contribution in [2.45, 2.75) is 13.5 Å².